The lowest BCUT2D eigenvalue weighted by Crippen LogP contribution is -2.42. The van der Waals surface area contributed by atoms with Gasteiger partial charge in [-0.3, -0.25) is 4.79 Å². The van der Waals surface area contributed by atoms with Gasteiger partial charge in [0.25, 0.3) is 0 Å². The number of hydrogen-bond acceptors (Lipinski definition) is 2. The molecule has 0 aliphatic rings. The summed E-state index contributed by atoms with van der Waals surface area (Å²) in [5.41, 5.74) is 0.00111. The van der Waals surface area contributed by atoms with Gasteiger partial charge in [0.2, 0.25) is 0 Å². The van der Waals surface area contributed by atoms with Crippen molar-refractivity contribution in [2.45, 2.75) is 53.9 Å². The molecule has 0 saturated carbocycles. The van der Waals surface area contributed by atoms with Crippen molar-refractivity contribution in [3.05, 3.63) is 0 Å². The molecule has 0 aromatic heterocycles. The molecule has 0 fully saturated rings. The number of aliphatic carboxylic acids is 1. The van der Waals surface area contributed by atoms with E-state index in [1.807, 2.05) is 13.8 Å². The number of hydrogen-bond donors (Lipinski definition) is 2. The highest BCUT2D eigenvalue weighted by molar-refractivity contribution is 5.73. The highest BCUT2D eigenvalue weighted by atomic mass is 16.4. The Kier molecular flexibility index (Phi) is 7.03. The number of amides is 2. The minimum absolute atomic E-state index is 0.0750. The van der Waals surface area contributed by atoms with E-state index >= 15 is 0 Å². The fourth-order valence-corrected chi connectivity index (χ4v) is 2.00. The highest BCUT2D eigenvalue weighted by Gasteiger charge is 2.21. The summed E-state index contributed by atoms with van der Waals surface area (Å²) in [7, 11) is 1.79. The maximum absolute atomic E-state index is 11.9. The maximum atomic E-state index is 11.9. The van der Waals surface area contributed by atoms with Crippen molar-refractivity contribution >= 4 is 12.0 Å². The molecule has 0 bridgehead atoms. The molecule has 0 heterocycles. The van der Waals surface area contributed by atoms with Gasteiger partial charge in [0.1, 0.15) is 0 Å². The third-order valence-corrected chi connectivity index (χ3v) is 3.15. The Morgan fingerprint density at radius 3 is 2.10 bits per heavy atom. The number of carboxylic acids is 1. The average molecular weight is 286 g/mol. The standard InChI is InChI=1S/C15H30N2O3/c1-14(2,3)11-17(6)13(20)16-10-9-15(4,5)8-7-12(18)19/h7-11H2,1-6H3,(H,16,20)(H,18,19). The SMILES string of the molecule is CN(CC(C)(C)C)C(=O)NCCC(C)(C)CCC(=O)O. The molecule has 20 heavy (non-hydrogen) atoms. The zero-order chi connectivity index (χ0) is 16.0. The third-order valence-electron chi connectivity index (χ3n) is 3.15. The summed E-state index contributed by atoms with van der Waals surface area (Å²) >= 11 is 0. The zero-order valence-corrected chi connectivity index (χ0v) is 13.7. The van der Waals surface area contributed by atoms with Gasteiger partial charge in [-0.1, -0.05) is 34.6 Å². The minimum atomic E-state index is -0.771. The maximum Gasteiger partial charge on any atom is 0.317 e. The van der Waals surface area contributed by atoms with Crippen molar-refractivity contribution in [1.29, 1.82) is 0 Å². The van der Waals surface area contributed by atoms with Crippen LogP contribution in [0.5, 0.6) is 0 Å². The summed E-state index contributed by atoms with van der Waals surface area (Å²) in [5, 5.41) is 11.6. The van der Waals surface area contributed by atoms with Crippen LogP contribution in [0.1, 0.15) is 53.9 Å². The normalized spacial score (nSPS) is 12.1. The van der Waals surface area contributed by atoms with Crippen LogP contribution in [0.2, 0.25) is 0 Å². The van der Waals surface area contributed by atoms with Crippen LogP contribution in [-0.4, -0.2) is 42.1 Å². The van der Waals surface area contributed by atoms with E-state index in [2.05, 4.69) is 26.1 Å². The van der Waals surface area contributed by atoms with Crippen LogP contribution >= 0.6 is 0 Å². The highest BCUT2D eigenvalue weighted by Crippen LogP contribution is 2.26. The van der Waals surface area contributed by atoms with Crippen molar-refractivity contribution in [2.75, 3.05) is 20.1 Å². The summed E-state index contributed by atoms with van der Waals surface area (Å²) < 4.78 is 0. The van der Waals surface area contributed by atoms with Crippen LogP contribution in [0.3, 0.4) is 0 Å². The topological polar surface area (TPSA) is 69.6 Å². The van der Waals surface area contributed by atoms with Gasteiger partial charge in [-0.15, -0.1) is 0 Å². The Balaban J connectivity index is 4.04. The van der Waals surface area contributed by atoms with Gasteiger partial charge in [0.15, 0.2) is 0 Å². The molecule has 0 radical (unpaired) electrons. The molecular weight excluding hydrogens is 256 g/mol. The van der Waals surface area contributed by atoms with Gasteiger partial charge in [-0.25, -0.2) is 4.79 Å². The van der Waals surface area contributed by atoms with Crippen molar-refractivity contribution in [2.24, 2.45) is 10.8 Å². The molecule has 0 aromatic rings. The lowest BCUT2D eigenvalue weighted by atomic mass is 9.84. The molecule has 2 N–H and O–H groups in total. The number of carboxylic acid groups (broad SMARTS) is 1. The van der Waals surface area contributed by atoms with Gasteiger partial charge < -0.3 is 15.3 Å². The Morgan fingerprint density at radius 2 is 1.65 bits per heavy atom. The average Bonchev–Trinajstić information content (AvgIpc) is 2.23. The summed E-state index contributed by atoms with van der Waals surface area (Å²) in [6, 6.07) is -0.0750. The molecule has 0 saturated heterocycles. The molecule has 0 aliphatic heterocycles. The van der Waals surface area contributed by atoms with Crippen molar-refractivity contribution in [3.63, 3.8) is 0 Å². The van der Waals surface area contributed by atoms with Gasteiger partial charge in [-0.2, -0.15) is 0 Å². The predicted molar refractivity (Wildman–Crippen MR) is 80.8 cm³/mol. The fraction of sp³-hybridized carbons (Fsp3) is 0.867. The largest absolute Gasteiger partial charge is 0.481 e. The second-order valence-electron chi connectivity index (χ2n) is 7.46. The number of nitrogens with zero attached hydrogens (tertiary/aromatic N) is 1. The van der Waals surface area contributed by atoms with E-state index in [0.29, 0.717) is 19.5 Å². The summed E-state index contributed by atoms with van der Waals surface area (Å²) in [6.07, 6.45) is 1.57. The van der Waals surface area contributed by atoms with Gasteiger partial charge in [0.05, 0.1) is 0 Å². The van der Waals surface area contributed by atoms with E-state index in [4.69, 9.17) is 5.11 Å². The molecule has 118 valence electrons. The molecule has 0 spiro atoms. The van der Waals surface area contributed by atoms with Crippen LogP contribution < -0.4 is 5.32 Å². The molecule has 5 heteroatoms. The van der Waals surface area contributed by atoms with Crippen LogP contribution in [0, 0.1) is 10.8 Å². The van der Waals surface area contributed by atoms with Crippen molar-refractivity contribution in [1.82, 2.24) is 10.2 Å². The molecular formula is C15H30N2O3. The fourth-order valence-electron chi connectivity index (χ4n) is 2.00. The number of rotatable bonds is 7. The van der Waals surface area contributed by atoms with Crippen molar-refractivity contribution < 1.29 is 14.7 Å². The first-order chi connectivity index (χ1) is 8.93. The van der Waals surface area contributed by atoms with E-state index in [-0.39, 0.29) is 23.3 Å². The summed E-state index contributed by atoms with van der Waals surface area (Å²) in [4.78, 5) is 24.2. The van der Waals surface area contributed by atoms with Crippen LogP contribution in [0.25, 0.3) is 0 Å². The molecule has 0 unspecified atom stereocenters. The first-order valence-corrected chi connectivity index (χ1v) is 7.14. The van der Waals surface area contributed by atoms with Gasteiger partial charge in [0, 0.05) is 26.6 Å². The lowest BCUT2D eigenvalue weighted by molar-refractivity contribution is -0.137. The lowest BCUT2D eigenvalue weighted by Gasteiger charge is -2.28. The Bertz CT molecular complexity index is 333. The summed E-state index contributed by atoms with van der Waals surface area (Å²) in [5.74, 6) is -0.771. The molecule has 0 aliphatic carbocycles. The zero-order valence-electron chi connectivity index (χ0n) is 13.7. The Labute approximate surface area is 122 Å². The Hall–Kier alpha value is -1.26. The first kappa shape index (κ1) is 18.7. The first-order valence-electron chi connectivity index (χ1n) is 7.14. The molecule has 0 aromatic carbocycles. The molecule has 0 atom stereocenters. The second-order valence-corrected chi connectivity index (χ2v) is 7.46. The molecule has 5 nitrogen and oxygen atoms in total. The van der Waals surface area contributed by atoms with E-state index < -0.39 is 5.97 Å². The van der Waals surface area contributed by atoms with E-state index in [1.54, 1.807) is 11.9 Å². The molecule has 0 rings (SSSR count). The monoisotopic (exact) mass is 286 g/mol. The number of carbonyl (C=O) groups excluding carboxylic acids is 1. The Morgan fingerprint density at radius 1 is 1.10 bits per heavy atom. The predicted octanol–water partition coefficient (Wildman–Crippen LogP) is 2.96. The van der Waals surface area contributed by atoms with E-state index in [0.717, 1.165) is 6.42 Å². The third kappa shape index (κ3) is 9.64. The smallest absolute Gasteiger partial charge is 0.317 e. The van der Waals surface area contributed by atoms with Crippen LogP contribution in [0.15, 0.2) is 0 Å². The van der Waals surface area contributed by atoms with Crippen LogP contribution in [-0.2, 0) is 4.79 Å². The van der Waals surface area contributed by atoms with Crippen molar-refractivity contribution in [3.8, 4) is 0 Å². The van der Waals surface area contributed by atoms with Gasteiger partial charge in [-0.05, 0) is 23.7 Å². The van der Waals surface area contributed by atoms with Gasteiger partial charge >= 0.3 is 12.0 Å². The quantitative estimate of drug-likeness (QED) is 0.756. The summed E-state index contributed by atoms with van der Waals surface area (Å²) in [6.45, 7) is 11.6. The van der Waals surface area contributed by atoms with Crippen LogP contribution in [0.4, 0.5) is 4.79 Å². The van der Waals surface area contributed by atoms with E-state index in [1.165, 1.54) is 0 Å². The minimum Gasteiger partial charge on any atom is -0.481 e. The molecule has 2 amide bonds. The number of carbonyl (C=O) groups is 2. The van der Waals surface area contributed by atoms with E-state index in [9.17, 15) is 9.59 Å². The number of nitrogens with one attached hydrogen (secondary N) is 1. The second kappa shape index (κ2) is 7.50. The number of urea groups is 1.